The fraction of sp³-hybridized carbons (Fsp3) is 0.714. The predicted molar refractivity (Wildman–Crippen MR) is 131 cm³/mol. The van der Waals surface area contributed by atoms with Gasteiger partial charge in [0, 0.05) is 18.9 Å². The molecule has 0 spiro atoms. The summed E-state index contributed by atoms with van der Waals surface area (Å²) >= 11 is 0. The molecule has 0 bridgehead atoms. The van der Waals surface area contributed by atoms with Crippen LogP contribution in [0.2, 0.25) is 0 Å². The summed E-state index contributed by atoms with van der Waals surface area (Å²) in [5, 5.41) is 0. The van der Waals surface area contributed by atoms with Gasteiger partial charge in [0.05, 0.1) is 0 Å². The van der Waals surface area contributed by atoms with Crippen LogP contribution >= 0.6 is 0 Å². The van der Waals surface area contributed by atoms with Gasteiger partial charge in [0.15, 0.2) is 0 Å². The molecule has 0 amide bonds. The lowest BCUT2D eigenvalue weighted by Crippen LogP contribution is -2.15. The minimum Gasteiger partial charge on any atom is -0.490 e. The van der Waals surface area contributed by atoms with Crippen LogP contribution in [0.5, 0.6) is 11.5 Å². The van der Waals surface area contributed by atoms with Crippen LogP contribution in [-0.4, -0.2) is 38.4 Å². The predicted octanol–water partition coefficient (Wildman–Crippen LogP) is 6.25. The Kier molecular flexibility index (Phi) is 12.1. The average molecular weight is 475 g/mol. The molecule has 0 unspecified atom stereocenters. The number of ether oxygens (including phenoxy) is 4. The maximum Gasteiger partial charge on any atom is 0.305 e. The van der Waals surface area contributed by atoms with E-state index in [0.29, 0.717) is 49.4 Å². The molecule has 0 saturated heterocycles. The summed E-state index contributed by atoms with van der Waals surface area (Å²) in [5.74, 6) is 2.40. The van der Waals surface area contributed by atoms with Crippen molar-refractivity contribution in [1.29, 1.82) is 0 Å². The molecule has 2 aliphatic carbocycles. The molecule has 190 valence electrons. The van der Waals surface area contributed by atoms with Crippen molar-refractivity contribution < 1.29 is 28.5 Å². The van der Waals surface area contributed by atoms with E-state index in [4.69, 9.17) is 18.9 Å². The van der Waals surface area contributed by atoms with Crippen LogP contribution in [0.15, 0.2) is 24.3 Å². The van der Waals surface area contributed by atoms with Crippen LogP contribution in [0.1, 0.15) is 89.9 Å². The molecule has 6 nitrogen and oxygen atoms in total. The summed E-state index contributed by atoms with van der Waals surface area (Å²) in [6.45, 7) is 1.09. The third kappa shape index (κ3) is 10.8. The van der Waals surface area contributed by atoms with Gasteiger partial charge in [0.1, 0.15) is 37.9 Å². The highest BCUT2D eigenvalue weighted by molar-refractivity contribution is 5.69. The number of hydrogen-bond acceptors (Lipinski definition) is 6. The third-order valence-corrected chi connectivity index (χ3v) is 7.00. The Hall–Kier alpha value is -2.24. The molecular formula is C28H42O6. The van der Waals surface area contributed by atoms with Crippen molar-refractivity contribution >= 4 is 11.9 Å². The number of hydrogen-bond donors (Lipinski definition) is 0. The van der Waals surface area contributed by atoms with Gasteiger partial charge >= 0.3 is 11.9 Å². The van der Waals surface area contributed by atoms with E-state index in [0.717, 1.165) is 12.8 Å². The van der Waals surface area contributed by atoms with E-state index in [9.17, 15) is 9.59 Å². The fourth-order valence-electron chi connectivity index (χ4n) is 5.02. The van der Waals surface area contributed by atoms with Crippen LogP contribution in [0.4, 0.5) is 0 Å². The minimum absolute atomic E-state index is 0.139. The van der Waals surface area contributed by atoms with Crippen molar-refractivity contribution in [3.63, 3.8) is 0 Å². The largest absolute Gasteiger partial charge is 0.490 e. The Morgan fingerprint density at radius 1 is 0.647 bits per heavy atom. The molecule has 2 fully saturated rings. The van der Waals surface area contributed by atoms with Gasteiger partial charge < -0.3 is 18.9 Å². The Morgan fingerprint density at radius 3 is 1.53 bits per heavy atom. The van der Waals surface area contributed by atoms with E-state index < -0.39 is 0 Å². The normalized spacial score (nSPS) is 17.2. The summed E-state index contributed by atoms with van der Waals surface area (Å²) in [6.07, 6.45) is 15.7. The molecule has 3 rings (SSSR count). The first-order valence-corrected chi connectivity index (χ1v) is 13.4. The van der Waals surface area contributed by atoms with Crippen LogP contribution in [0.25, 0.3) is 0 Å². The molecule has 2 aliphatic rings. The lowest BCUT2D eigenvalue weighted by molar-refractivity contribution is -0.145. The standard InChI is InChI=1S/C28H42O6/c29-27(16-14-23-8-3-1-4-9-23)33-20-18-31-25-12-7-13-26(22-25)32-19-21-34-28(30)17-15-24-10-5-2-6-11-24/h7,12-13,22-24H,1-6,8-11,14-21H2. The van der Waals surface area contributed by atoms with Gasteiger partial charge in [0.2, 0.25) is 0 Å². The summed E-state index contributed by atoms with van der Waals surface area (Å²) in [6, 6.07) is 7.30. The molecule has 0 N–H and O–H groups in total. The SMILES string of the molecule is O=C(CCC1CCCCC1)OCCOc1cccc(OCCOC(=O)CCC2CCCCC2)c1. The summed E-state index contributed by atoms with van der Waals surface area (Å²) < 4.78 is 22.0. The molecule has 34 heavy (non-hydrogen) atoms. The summed E-state index contributed by atoms with van der Waals surface area (Å²) in [4.78, 5) is 23.9. The average Bonchev–Trinajstić information content (AvgIpc) is 2.88. The molecule has 0 aliphatic heterocycles. The Labute approximate surface area is 204 Å². The van der Waals surface area contributed by atoms with E-state index in [2.05, 4.69) is 0 Å². The second-order valence-corrected chi connectivity index (χ2v) is 9.70. The smallest absolute Gasteiger partial charge is 0.305 e. The Morgan fingerprint density at radius 2 is 1.09 bits per heavy atom. The Balaban J connectivity index is 1.21. The van der Waals surface area contributed by atoms with Crippen molar-refractivity contribution in [2.75, 3.05) is 26.4 Å². The first-order chi connectivity index (χ1) is 16.7. The van der Waals surface area contributed by atoms with Gasteiger partial charge in [-0.25, -0.2) is 0 Å². The molecule has 1 aromatic carbocycles. The molecule has 2 saturated carbocycles. The van der Waals surface area contributed by atoms with Gasteiger partial charge in [-0.05, 0) is 36.8 Å². The first-order valence-electron chi connectivity index (χ1n) is 13.4. The zero-order valence-electron chi connectivity index (χ0n) is 20.6. The molecule has 0 atom stereocenters. The molecule has 6 heteroatoms. The van der Waals surface area contributed by atoms with Crippen molar-refractivity contribution in [3.05, 3.63) is 24.3 Å². The molecule has 1 aromatic rings. The van der Waals surface area contributed by atoms with E-state index in [-0.39, 0.29) is 25.2 Å². The monoisotopic (exact) mass is 474 g/mol. The number of benzene rings is 1. The Bertz CT molecular complexity index is 664. The highest BCUT2D eigenvalue weighted by Crippen LogP contribution is 2.28. The van der Waals surface area contributed by atoms with E-state index in [1.165, 1.54) is 64.2 Å². The lowest BCUT2D eigenvalue weighted by Gasteiger charge is -2.20. The van der Waals surface area contributed by atoms with Crippen LogP contribution < -0.4 is 9.47 Å². The summed E-state index contributed by atoms with van der Waals surface area (Å²) in [7, 11) is 0. The zero-order chi connectivity index (χ0) is 23.8. The van der Waals surface area contributed by atoms with Gasteiger partial charge in [-0.1, -0.05) is 70.3 Å². The molecule has 0 aromatic heterocycles. The maximum atomic E-state index is 11.9. The minimum atomic E-state index is -0.139. The highest BCUT2D eigenvalue weighted by Gasteiger charge is 2.16. The molecular weight excluding hydrogens is 432 g/mol. The lowest BCUT2D eigenvalue weighted by atomic mass is 9.86. The van der Waals surface area contributed by atoms with Gasteiger partial charge in [0.25, 0.3) is 0 Å². The quantitative estimate of drug-likeness (QED) is 0.234. The van der Waals surface area contributed by atoms with Crippen molar-refractivity contribution in [2.45, 2.75) is 89.9 Å². The van der Waals surface area contributed by atoms with Crippen LogP contribution in [0, 0.1) is 11.8 Å². The van der Waals surface area contributed by atoms with Crippen molar-refractivity contribution in [1.82, 2.24) is 0 Å². The van der Waals surface area contributed by atoms with Crippen LogP contribution in [0.3, 0.4) is 0 Å². The van der Waals surface area contributed by atoms with Crippen molar-refractivity contribution in [2.24, 2.45) is 11.8 Å². The number of carbonyl (C=O) groups excluding carboxylic acids is 2. The number of carbonyl (C=O) groups is 2. The molecule has 0 radical (unpaired) electrons. The topological polar surface area (TPSA) is 71.1 Å². The second kappa shape index (κ2) is 15.6. The van der Waals surface area contributed by atoms with E-state index in [1.54, 1.807) is 6.07 Å². The number of rotatable bonds is 14. The fourth-order valence-corrected chi connectivity index (χ4v) is 5.02. The van der Waals surface area contributed by atoms with Crippen LogP contribution in [-0.2, 0) is 19.1 Å². The second-order valence-electron chi connectivity index (χ2n) is 9.70. The zero-order valence-corrected chi connectivity index (χ0v) is 20.6. The van der Waals surface area contributed by atoms with Gasteiger partial charge in [-0.3, -0.25) is 9.59 Å². The van der Waals surface area contributed by atoms with E-state index >= 15 is 0 Å². The summed E-state index contributed by atoms with van der Waals surface area (Å²) in [5.41, 5.74) is 0. The third-order valence-electron chi connectivity index (χ3n) is 7.00. The highest BCUT2D eigenvalue weighted by atomic mass is 16.6. The van der Waals surface area contributed by atoms with Crippen molar-refractivity contribution in [3.8, 4) is 11.5 Å². The number of esters is 2. The van der Waals surface area contributed by atoms with Gasteiger partial charge in [-0.2, -0.15) is 0 Å². The first kappa shape index (κ1) is 26.4. The maximum absolute atomic E-state index is 11.9. The van der Waals surface area contributed by atoms with Gasteiger partial charge in [-0.15, -0.1) is 0 Å². The molecule has 0 heterocycles. The van der Waals surface area contributed by atoms with E-state index in [1.807, 2.05) is 18.2 Å².